The van der Waals surface area contributed by atoms with E-state index in [1.807, 2.05) is 12.1 Å². The zero-order chi connectivity index (χ0) is 16.6. The molecule has 2 fully saturated rings. The molecule has 3 rings (SSSR count). The molecular formula is C16H23BrN2O3S. The van der Waals surface area contributed by atoms with E-state index in [0.29, 0.717) is 13.1 Å². The van der Waals surface area contributed by atoms with E-state index in [4.69, 9.17) is 0 Å². The lowest BCUT2D eigenvalue weighted by molar-refractivity contribution is -0.0553. The molecule has 0 unspecified atom stereocenters. The first-order valence-corrected chi connectivity index (χ1v) is 10.6. The van der Waals surface area contributed by atoms with Gasteiger partial charge in [0, 0.05) is 35.6 Å². The number of sulfonamides is 1. The summed E-state index contributed by atoms with van der Waals surface area (Å²) >= 11 is 3.45. The molecule has 2 aliphatic rings. The second kappa shape index (κ2) is 6.80. The van der Waals surface area contributed by atoms with E-state index in [-0.39, 0.29) is 24.6 Å². The van der Waals surface area contributed by atoms with Crippen molar-refractivity contribution in [3.63, 3.8) is 0 Å². The Labute approximate surface area is 146 Å². The summed E-state index contributed by atoms with van der Waals surface area (Å²) in [5, 5.41) is 9.82. The fraction of sp³-hybridized carbons (Fsp3) is 0.625. The van der Waals surface area contributed by atoms with Crippen LogP contribution in [0.3, 0.4) is 0 Å². The molecule has 3 atom stereocenters. The van der Waals surface area contributed by atoms with Crippen LogP contribution < -0.4 is 0 Å². The number of fused-ring (bicyclic) bond motifs is 1. The van der Waals surface area contributed by atoms with Crippen molar-refractivity contribution in [2.45, 2.75) is 30.8 Å². The van der Waals surface area contributed by atoms with Crippen molar-refractivity contribution in [3.8, 4) is 0 Å². The van der Waals surface area contributed by atoms with Crippen LogP contribution in [-0.4, -0.2) is 67.3 Å². The Hall–Kier alpha value is -0.470. The first kappa shape index (κ1) is 17.4. The lowest BCUT2D eigenvalue weighted by Crippen LogP contribution is -2.67. The Morgan fingerprint density at radius 1 is 1.22 bits per heavy atom. The van der Waals surface area contributed by atoms with E-state index in [1.165, 1.54) is 11.8 Å². The minimum absolute atomic E-state index is 0.0840. The van der Waals surface area contributed by atoms with E-state index in [9.17, 15) is 13.5 Å². The lowest BCUT2D eigenvalue weighted by atomic mass is 9.74. The minimum atomic E-state index is -3.19. The molecule has 5 nitrogen and oxygen atoms in total. The van der Waals surface area contributed by atoms with Crippen LogP contribution in [0.25, 0.3) is 0 Å². The zero-order valence-electron chi connectivity index (χ0n) is 13.2. The number of rotatable bonds is 3. The summed E-state index contributed by atoms with van der Waals surface area (Å²) in [4.78, 5) is 2.28. The largest absolute Gasteiger partial charge is 0.395 e. The second-order valence-corrected chi connectivity index (χ2v) is 9.36. The van der Waals surface area contributed by atoms with Crippen molar-refractivity contribution in [3.05, 3.63) is 34.3 Å². The minimum Gasteiger partial charge on any atom is -0.395 e. The highest BCUT2D eigenvalue weighted by Gasteiger charge is 2.49. The van der Waals surface area contributed by atoms with Crippen LogP contribution in [0.2, 0.25) is 0 Å². The van der Waals surface area contributed by atoms with Gasteiger partial charge in [0.2, 0.25) is 10.0 Å². The van der Waals surface area contributed by atoms with E-state index in [1.54, 1.807) is 4.31 Å². The summed E-state index contributed by atoms with van der Waals surface area (Å²) in [5.41, 5.74) is 1.17. The van der Waals surface area contributed by atoms with Crippen LogP contribution in [-0.2, 0) is 10.0 Å². The van der Waals surface area contributed by atoms with Gasteiger partial charge in [-0.3, -0.25) is 4.90 Å². The molecule has 0 aliphatic carbocycles. The van der Waals surface area contributed by atoms with Crippen LogP contribution in [0.4, 0.5) is 0 Å². The third-order valence-electron chi connectivity index (χ3n) is 5.06. The number of hydrogen-bond acceptors (Lipinski definition) is 4. The Morgan fingerprint density at radius 2 is 1.87 bits per heavy atom. The maximum atomic E-state index is 12.0. The molecule has 23 heavy (non-hydrogen) atoms. The van der Waals surface area contributed by atoms with Crippen molar-refractivity contribution in [1.29, 1.82) is 0 Å². The van der Waals surface area contributed by atoms with Gasteiger partial charge in [0.1, 0.15) is 0 Å². The van der Waals surface area contributed by atoms with E-state index in [2.05, 4.69) is 33.0 Å². The summed E-state index contributed by atoms with van der Waals surface area (Å²) in [6.45, 7) is 2.15. The van der Waals surface area contributed by atoms with Crippen molar-refractivity contribution in [2.24, 2.45) is 0 Å². The van der Waals surface area contributed by atoms with Crippen LogP contribution in [0.1, 0.15) is 24.3 Å². The maximum Gasteiger partial charge on any atom is 0.211 e. The molecule has 0 bridgehead atoms. The standard InChI is InChI=1S/C16H23BrN2O3S/c1-23(21,22)18-8-2-3-9-19-14(10-18)16(15(19)11-20)12-4-6-13(17)7-5-12/h4-7,14-16,20H,2-3,8-11H2,1H3/t14-,15+,16+/m1/s1. The normalized spacial score (nSPS) is 30.1. The lowest BCUT2D eigenvalue weighted by Gasteiger charge is -2.57. The first-order chi connectivity index (χ1) is 10.9. The molecule has 0 amide bonds. The number of benzene rings is 1. The van der Waals surface area contributed by atoms with Gasteiger partial charge < -0.3 is 5.11 Å². The van der Waals surface area contributed by atoms with Gasteiger partial charge in [0.05, 0.1) is 12.9 Å². The maximum absolute atomic E-state index is 12.0. The summed E-state index contributed by atoms with van der Waals surface area (Å²) in [7, 11) is -3.19. The Bertz CT molecular complexity index is 650. The number of halogens is 1. The van der Waals surface area contributed by atoms with Gasteiger partial charge in [-0.05, 0) is 37.1 Å². The molecule has 0 saturated carbocycles. The predicted molar refractivity (Wildman–Crippen MR) is 93.9 cm³/mol. The van der Waals surface area contributed by atoms with Gasteiger partial charge in [0.15, 0.2) is 0 Å². The van der Waals surface area contributed by atoms with Crippen molar-refractivity contribution in [2.75, 3.05) is 32.5 Å². The summed E-state index contributed by atoms with van der Waals surface area (Å²) in [6, 6.07) is 8.37. The first-order valence-electron chi connectivity index (χ1n) is 7.99. The Morgan fingerprint density at radius 3 is 2.48 bits per heavy atom. The van der Waals surface area contributed by atoms with E-state index >= 15 is 0 Å². The third kappa shape index (κ3) is 3.49. The number of hydrogen-bond donors (Lipinski definition) is 1. The van der Waals surface area contributed by atoms with Crippen LogP contribution >= 0.6 is 15.9 Å². The molecular weight excluding hydrogens is 380 g/mol. The Kier molecular flexibility index (Phi) is 5.13. The topological polar surface area (TPSA) is 60.9 Å². The SMILES string of the molecule is CS(=O)(=O)N1CCCCN2[C@H](C1)[C@H](c1ccc(Br)cc1)[C@@H]2CO. The fourth-order valence-corrected chi connectivity index (χ4v) is 5.04. The summed E-state index contributed by atoms with van der Waals surface area (Å²) < 4.78 is 26.7. The fourth-order valence-electron chi connectivity index (χ4n) is 3.89. The average Bonchev–Trinajstić information content (AvgIpc) is 2.46. The monoisotopic (exact) mass is 402 g/mol. The number of aliphatic hydroxyl groups is 1. The molecule has 1 aromatic rings. The van der Waals surface area contributed by atoms with Gasteiger partial charge >= 0.3 is 0 Å². The third-order valence-corrected chi connectivity index (χ3v) is 6.85. The highest BCUT2D eigenvalue weighted by atomic mass is 79.9. The van der Waals surface area contributed by atoms with Crippen molar-refractivity contribution in [1.82, 2.24) is 9.21 Å². The summed E-state index contributed by atoms with van der Waals surface area (Å²) in [5.74, 6) is 0.176. The van der Waals surface area contributed by atoms with Gasteiger partial charge in [-0.15, -0.1) is 0 Å². The van der Waals surface area contributed by atoms with Crippen LogP contribution in [0.15, 0.2) is 28.7 Å². The predicted octanol–water partition coefficient (Wildman–Crippen LogP) is 1.63. The van der Waals surface area contributed by atoms with Crippen LogP contribution in [0, 0.1) is 0 Å². The van der Waals surface area contributed by atoms with Crippen molar-refractivity contribution < 1.29 is 13.5 Å². The highest BCUT2D eigenvalue weighted by Crippen LogP contribution is 2.42. The molecule has 2 aliphatic heterocycles. The number of nitrogens with zero attached hydrogens (tertiary/aromatic N) is 2. The number of aliphatic hydroxyl groups excluding tert-OH is 1. The van der Waals surface area contributed by atoms with E-state index in [0.717, 1.165) is 23.9 Å². The highest BCUT2D eigenvalue weighted by molar-refractivity contribution is 9.10. The summed E-state index contributed by atoms with van der Waals surface area (Å²) in [6.07, 6.45) is 3.12. The van der Waals surface area contributed by atoms with Gasteiger partial charge in [-0.2, -0.15) is 0 Å². The molecule has 2 heterocycles. The van der Waals surface area contributed by atoms with E-state index < -0.39 is 10.0 Å². The second-order valence-electron chi connectivity index (χ2n) is 6.46. The smallest absolute Gasteiger partial charge is 0.211 e. The molecule has 7 heteroatoms. The van der Waals surface area contributed by atoms with Crippen LogP contribution in [0.5, 0.6) is 0 Å². The molecule has 1 N–H and O–H groups in total. The molecule has 2 saturated heterocycles. The van der Waals surface area contributed by atoms with Gasteiger partial charge in [0.25, 0.3) is 0 Å². The zero-order valence-corrected chi connectivity index (χ0v) is 15.6. The molecule has 0 spiro atoms. The molecule has 128 valence electrons. The quantitative estimate of drug-likeness (QED) is 0.834. The van der Waals surface area contributed by atoms with Crippen molar-refractivity contribution >= 4 is 26.0 Å². The molecule has 0 radical (unpaired) electrons. The van der Waals surface area contributed by atoms with Gasteiger partial charge in [-0.1, -0.05) is 28.1 Å². The molecule has 0 aromatic heterocycles. The Balaban J connectivity index is 1.88. The molecule has 1 aromatic carbocycles. The average molecular weight is 403 g/mol. The van der Waals surface area contributed by atoms with Gasteiger partial charge in [-0.25, -0.2) is 12.7 Å².